The third-order valence-corrected chi connectivity index (χ3v) is 5.56. The van der Waals surface area contributed by atoms with Crippen LogP contribution in [0.5, 0.6) is 0 Å². The molecule has 1 aliphatic carbocycles. The van der Waals surface area contributed by atoms with Crippen molar-refractivity contribution in [2.45, 2.75) is 30.8 Å². The van der Waals surface area contributed by atoms with Crippen molar-refractivity contribution in [3.8, 4) is 0 Å². The highest BCUT2D eigenvalue weighted by Gasteiger charge is 2.58. The normalized spacial score (nSPS) is 23.4. The second-order valence-electron chi connectivity index (χ2n) is 7.59. The number of rotatable bonds is 3. The third kappa shape index (κ3) is 3.16. The monoisotopic (exact) mass is 399 g/mol. The zero-order valence-corrected chi connectivity index (χ0v) is 15.4. The van der Waals surface area contributed by atoms with Crippen LogP contribution in [-0.4, -0.2) is 48.0 Å². The first-order valence-corrected chi connectivity index (χ1v) is 9.52. The fourth-order valence-electron chi connectivity index (χ4n) is 3.91. The molecule has 1 saturated heterocycles. The number of carbonyl (C=O) groups excluding carboxylic acids is 2. The van der Waals surface area contributed by atoms with Crippen molar-refractivity contribution in [3.63, 3.8) is 0 Å². The van der Waals surface area contributed by atoms with Crippen molar-refractivity contribution in [1.29, 1.82) is 0 Å². The van der Waals surface area contributed by atoms with Crippen LogP contribution >= 0.6 is 0 Å². The minimum atomic E-state index is -2.85. The molecule has 9 heteroatoms. The molecule has 29 heavy (non-hydrogen) atoms. The number of para-hydroxylation sites is 1. The first kappa shape index (κ1) is 17.8. The first-order valence-electron chi connectivity index (χ1n) is 9.52. The van der Waals surface area contributed by atoms with Crippen LogP contribution in [-0.2, 0) is 0 Å². The fraction of sp³-hybridized carbons (Fsp3) is 0.350. The van der Waals surface area contributed by atoms with Gasteiger partial charge in [0.05, 0.1) is 17.8 Å². The van der Waals surface area contributed by atoms with Crippen molar-refractivity contribution in [1.82, 2.24) is 10.3 Å². The summed E-state index contributed by atoms with van der Waals surface area (Å²) in [5.41, 5.74) is 1.44. The van der Waals surface area contributed by atoms with Crippen LogP contribution < -0.4 is 20.4 Å². The van der Waals surface area contributed by atoms with Crippen LogP contribution in [0.3, 0.4) is 0 Å². The Balaban J connectivity index is 1.44. The van der Waals surface area contributed by atoms with Crippen molar-refractivity contribution < 1.29 is 18.4 Å². The Morgan fingerprint density at radius 3 is 2.62 bits per heavy atom. The quantitative estimate of drug-likeness (QED) is 0.832. The molecule has 2 fully saturated rings. The molecule has 7 nitrogen and oxygen atoms in total. The Morgan fingerprint density at radius 1 is 1.14 bits per heavy atom. The lowest BCUT2D eigenvalue weighted by Crippen LogP contribution is -2.48. The van der Waals surface area contributed by atoms with Gasteiger partial charge in [0.2, 0.25) is 0 Å². The molecule has 1 aromatic carbocycles. The maximum atomic E-state index is 13.1. The van der Waals surface area contributed by atoms with E-state index in [9.17, 15) is 18.4 Å². The number of carbonyl (C=O) groups is 2. The van der Waals surface area contributed by atoms with Crippen LogP contribution in [0, 0.1) is 0 Å². The van der Waals surface area contributed by atoms with E-state index >= 15 is 0 Å². The lowest BCUT2D eigenvalue weighted by molar-refractivity contribution is 0.0845. The predicted molar refractivity (Wildman–Crippen MR) is 104 cm³/mol. The average Bonchev–Trinajstić information content (AvgIpc) is 3.09. The number of nitrogens with one attached hydrogen (secondary N) is 2. The zero-order valence-electron chi connectivity index (χ0n) is 15.4. The number of pyridine rings is 1. The number of alkyl halides is 2. The summed E-state index contributed by atoms with van der Waals surface area (Å²) in [5, 5.41) is 5.17. The lowest BCUT2D eigenvalue weighted by Gasteiger charge is -2.35. The average molecular weight is 399 g/mol. The number of fused-ring (bicyclic) bond motifs is 4. The number of halogens is 2. The van der Waals surface area contributed by atoms with Crippen molar-refractivity contribution in [2.24, 2.45) is 0 Å². The van der Waals surface area contributed by atoms with Crippen molar-refractivity contribution in [2.75, 3.05) is 28.2 Å². The van der Waals surface area contributed by atoms with Gasteiger partial charge in [-0.2, -0.15) is 0 Å². The van der Waals surface area contributed by atoms with E-state index in [2.05, 4.69) is 20.5 Å². The van der Waals surface area contributed by atoms with Gasteiger partial charge in [0.15, 0.2) is 5.82 Å². The molecule has 2 atom stereocenters. The minimum absolute atomic E-state index is 0.0199. The molecule has 1 unspecified atom stereocenters. The predicted octanol–water partition coefficient (Wildman–Crippen LogP) is 2.85. The largest absolute Gasteiger partial charge is 0.366 e. The zero-order chi connectivity index (χ0) is 20.2. The highest BCUT2D eigenvalue weighted by molar-refractivity contribution is 6.05. The third-order valence-electron chi connectivity index (χ3n) is 5.56. The smallest absolute Gasteiger partial charge is 0.327 e. The molecule has 0 radical (unpaired) electrons. The number of amides is 3. The fourth-order valence-corrected chi connectivity index (χ4v) is 3.91. The standard InChI is InChI=1S/C20H19F2N5O2/c21-20(22)10-16(20)25-18(28)14-6-7-15-17(24-14)27(13-8-9-26(15)11-13)19(29)23-12-4-2-1-3-5-12/h1-7,13,16H,8-11H2,(H,23,29)(H,25,28)/t13-,16?/m0/s1. The summed E-state index contributed by atoms with van der Waals surface area (Å²) >= 11 is 0. The molecule has 5 rings (SSSR count). The van der Waals surface area contributed by atoms with E-state index in [0.717, 1.165) is 18.7 Å². The van der Waals surface area contributed by atoms with E-state index in [4.69, 9.17) is 0 Å². The van der Waals surface area contributed by atoms with Crippen molar-refractivity contribution >= 4 is 29.1 Å². The molecule has 2 aliphatic heterocycles. The van der Waals surface area contributed by atoms with Gasteiger partial charge < -0.3 is 15.5 Å². The molecule has 1 saturated carbocycles. The van der Waals surface area contributed by atoms with E-state index in [0.29, 0.717) is 18.1 Å². The molecule has 2 N–H and O–H groups in total. The number of hydrogen-bond donors (Lipinski definition) is 2. The summed E-state index contributed by atoms with van der Waals surface area (Å²) in [6, 6.07) is 10.8. The summed E-state index contributed by atoms with van der Waals surface area (Å²) in [6.45, 7) is 1.48. The van der Waals surface area contributed by atoms with Gasteiger partial charge in [-0.15, -0.1) is 0 Å². The Labute approximate surface area is 165 Å². The van der Waals surface area contributed by atoms with Gasteiger partial charge in [-0.3, -0.25) is 9.69 Å². The maximum Gasteiger partial charge on any atom is 0.327 e. The van der Waals surface area contributed by atoms with Gasteiger partial charge in [-0.1, -0.05) is 18.2 Å². The summed E-state index contributed by atoms with van der Waals surface area (Å²) in [6.07, 6.45) is 0.430. The van der Waals surface area contributed by atoms with E-state index < -0.39 is 17.9 Å². The molecule has 150 valence electrons. The molecule has 2 aromatic rings. The first-order chi connectivity index (χ1) is 13.9. The summed E-state index contributed by atoms with van der Waals surface area (Å²) < 4.78 is 26.3. The van der Waals surface area contributed by atoms with Crippen LogP contribution in [0.25, 0.3) is 0 Å². The number of nitrogens with zero attached hydrogens (tertiary/aromatic N) is 3. The Bertz CT molecular complexity index is 984. The highest BCUT2D eigenvalue weighted by atomic mass is 19.3. The van der Waals surface area contributed by atoms with Crippen LogP contribution in [0.2, 0.25) is 0 Å². The van der Waals surface area contributed by atoms with Crippen LogP contribution in [0.15, 0.2) is 42.5 Å². The van der Waals surface area contributed by atoms with E-state index in [1.165, 1.54) is 6.07 Å². The second kappa shape index (κ2) is 6.40. The summed E-state index contributed by atoms with van der Waals surface area (Å²) in [4.78, 5) is 33.5. The second-order valence-corrected chi connectivity index (χ2v) is 7.59. The van der Waals surface area contributed by atoms with Gasteiger partial charge in [0, 0.05) is 25.2 Å². The highest BCUT2D eigenvalue weighted by Crippen LogP contribution is 2.42. The molecule has 3 amide bonds. The molecule has 0 spiro atoms. The Hall–Kier alpha value is -3.23. The molecule has 1 aromatic heterocycles. The molecular weight excluding hydrogens is 380 g/mol. The summed E-state index contributed by atoms with van der Waals surface area (Å²) in [7, 11) is 0. The topological polar surface area (TPSA) is 77.6 Å². The van der Waals surface area contributed by atoms with Crippen LogP contribution in [0.1, 0.15) is 23.3 Å². The Kier molecular flexibility index (Phi) is 3.94. The number of benzene rings is 1. The maximum absolute atomic E-state index is 13.1. The Morgan fingerprint density at radius 2 is 1.90 bits per heavy atom. The molecular formula is C20H19F2N5O2. The lowest BCUT2D eigenvalue weighted by atomic mass is 10.1. The van der Waals surface area contributed by atoms with E-state index in [1.54, 1.807) is 23.1 Å². The number of anilines is 3. The molecule has 3 heterocycles. The van der Waals surface area contributed by atoms with Gasteiger partial charge in [0.1, 0.15) is 5.69 Å². The van der Waals surface area contributed by atoms with Gasteiger partial charge >= 0.3 is 6.03 Å². The molecule has 2 bridgehead atoms. The minimum Gasteiger partial charge on any atom is -0.366 e. The van der Waals surface area contributed by atoms with Crippen LogP contribution in [0.4, 0.5) is 30.8 Å². The van der Waals surface area contributed by atoms with Gasteiger partial charge in [-0.05, 0) is 30.7 Å². The van der Waals surface area contributed by atoms with E-state index in [1.807, 2.05) is 18.2 Å². The van der Waals surface area contributed by atoms with Crippen molar-refractivity contribution in [3.05, 3.63) is 48.2 Å². The number of hydrogen-bond acceptors (Lipinski definition) is 4. The number of urea groups is 1. The number of aromatic nitrogens is 1. The molecule has 3 aliphatic rings. The summed E-state index contributed by atoms with van der Waals surface area (Å²) in [5.74, 6) is -3.13. The van der Waals surface area contributed by atoms with Gasteiger partial charge in [0.25, 0.3) is 11.8 Å². The van der Waals surface area contributed by atoms with Gasteiger partial charge in [-0.25, -0.2) is 18.6 Å². The SMILES string of the molecule is O=C(NC1CC1(F)F)c1ccc2c(n1)N(C(=O)Nc1ccccc1)[C@H]1CCN2C1. The van der Waals surface area contributed by atoms with E-state index in [-0.39, 0.29) is 24.2 Å².